The number of aliphatic hydroxyl groups is 1. The Kier molecular flexibility index (Phi) is 3.69. The van der Waals surface area contributed by atoms with Gasteiger partial charge >= 0.3 is 0 Å². The highest BCUT2D eigenvalue weighted by Gasteiger charge is 2.26. The second-order valence-corrected chi connectivity index (χ2v) is 3.51. The van der Waals surface area contributed by atoms with Gasteiger partial charge in [0.1, 0.15) is 6.61 Å². The zero-order chi connectivity index (χ0) is 9.07. The number of Topliss-reactive ketones (excluding diaryl/α,β-unsaturated/α-hetero) is 1. The van der Waals surface area contributed by atoms with Crippen LogP contribution in [0.15, 0.2) is 0 Å². The highest BCUT2D eigenvalue weighted by Crippen LogP contribution is 2.04. The fourth-order valence-electron chi connectivity index (χ4n) is 1.000. The molecule has 0 aromatic carbocycles. The van der Waals surface area contributed by atoms with Gasteiger partial charge in [-0.15, -0.1) is 0 Å². The van der Waals surface area contributed by atoms with Gasteiger partial charge in [0.2, 0.25) is 0 Å². The number of nitrogens with one attached hydrogen (secondary N) is 1. The highest BCUT2D eigenvalue weighted by atomic mass is 16.3. The van der Waals surface area contributed by atoms with Crippen molar-refractivity contribution in [1.29, 1.82) is 0 Å². The first-order valence-corrected chi connectivity index (χ1v) is 3.82. The van der Waals surface area contributed by atoms with Crippen molar-refractivity contribution in [2.45, 2.75) is 39.3 Å². The third-order valence-electron chi connectivity index (χ3n) is 1.49. The number of hydrogen-bond donors (Lipinski definition) is 2. The fraction of sp³-hybridized carbons (Fsp3) is 0.875. The van der Waals surface area contributed by atoms with Crippen LogP contribution in [0.2, 0.25) is 0 Å². The fourth-order valence-corrected chi connectivity index (χ4v) is 1.000. The molecule has 3 heteroatoms. The van der Waals surface area contributed by atoms with Crippen molar-refractivity contribution in [3.05, 3.63) is 0 Å². The van der Waals surface area contributed by atoms with Crippen molar-refractivity contribution < 1.29 is 9.90 Å². The van der Waals surface area contributed by atoms with Crippen LogP contribution in [0.4, 0.5) is 0 Å². The van der Waals surface area contributed by atoms with E-state index < -0.39 is 12.1 Å². The van der Waals surface area contributed by atoms with E-state index in [1.165, 1.54) is 0 Å². The molecule has 0 heterocycles. The van der Waals surface area contributed by atoms with Gasteiger partial charge in [-0.2, -0.15) is 0 Å². The highest BCUT2D eigenvalue weighted by molar-refractivity contribution is 5.88. The van der Waals surface area contributed by atoms with Crippen LogP contribution >= 0.6 is 0 Å². The molecule has 66 valence electrons. The van der Waals surface area contributed by atoms with Gasteiger partial charge in [-0.1, -0.05) is 0 Å². The predicted octanol–water partition coefficient (Wildman–Crippen LogP) is 0.324. The molecular weight excluding hydrogens is 142 g/mol. The second kappa shape index (κ2) is 3.83. The van der Waals surface area contributed by atoms with E-state index in [0.29, 0.717) is 0 Å². The summed E-state index contributed by atoms with van der Waals surface area (Å²) in [5.74, 6) is -0.175. The van der Waals surface area contributed by atoms with Gasteiger partial charge in [-0.25, -0.2) is 0 Å². The van der Waals surface area contributed by atoms with Crippen LogP contribution in [0, 0.1) is 0 Å². The number of rotatable bonds is 4. The monoisotopic (exact) mass is 159 g/mol. The molecule has 3 nitrogen and oxygen atoms in total. The summed E-state index contributed by atoms with van der Waals surface area (Å²) in [5, 5.41) is 11.7. The number of hydrogen-bond acceptors (Lipinski definition) is 3. The minimum absolute atomic E-state index is 0.175. The van der Waals surface area contributed by atoms with Gasteiger partial charge in [0, 0.05) is 6.04 Å². The predicted molar refractivity (Wildman–Crippen MR) is 44.4 cm³/mol. The zero-order valence-electron chi connectivity index (χ0n) is 7.64. The molecule has 0 aromatic rings. The first kappa shape index (κ1) is 10.6. The summed E-state index contributed by atoms with van der Waals surface area (Å²) in [6.45, 7) is 7.07. The smallest absolute Gasteiger partial charge is 0.177 e. The number of aliphatic hydroxyl groups excluding tert-OH is 1. The first-order valence-electron chi connectivity index (χ1n) is 3.82. The summed E-state index contributed by atoms with van der Waals surface area (Å²) >= 11 is 0. The van der Waals surface area contributed by atoms with Gasteiger partial charge in [0.15, 0.2) is 5.78 Å². The molecule has 0 radical (unpaired) electrons. The molecular formula is C8H17NO2. The molecule has 11 heavy (non-hydrogen) atoms. The average molecular weight is 159 g/mol. The molecule has 0 bridgehead atoms. The van der Waals surface area contributed by atoms with E-state index in [4.69, 9.17) is 5.11 Å². The topological polar surface area (TPSA) is 49.3 Å². The summed E-state index contributed by atoms with van der Waals surface area (Å²) in [4.78, 5) is 11.1. The van der Waals surface area contributed by atoms with Crippen LogP contribution in [0.1, 0.15) is 27.7 Å². The van der Waals surface area contributed by atoms with E-state index in [9.17, 15) is 4.79 Å². The van der Waals surface area contributed by atoms with Crippen LogP contribution < -0.4 is 5.32 Å². The van der Waals surface area contributed by atoms with Crippen LogP contribution in [-0.4, -0.2) is 29.1 Å². The Balaban J connectivity index is 4.09. The third kappa shape index (κ3) is 3.49. The molecule has 0 aliphatic carbocycles. The van der Waals surface area contributed by atoms with Gasteiger partial charge in [-0.3, -0.25) is 4.79 Å². The molecule has 2 N–H and O–H groups in total. The molecule has 0 saturated carbocycles. The van der Waals surface area contributed by atoms with Crippen molar-refractivity contribution in [3.8, 4) is 0 Å². The molecule has 0 saturated heterocycles. The lowest BCUT2D eigenvalue weighted by Gasteiger charge is -2.26. The standard InChI is InChI=1S/C8H17NO2/c1-6(2)9-8(3,4)7(11)5-10/h6,9-10H,5H2,1-4H3. The maximum absolute atomic E-state index is 11.1. The van der Waals surface area contributed by atoms with E-state index in [-0.39, 0.29) is 11.8 Å². The normalized spacial score (nSPS) is 12.2. The Morgan fingerprint density at radius 2 is 2.00 bits per heavy atom. The largest absolute Gasteiger partial charge is 0.389 e. The summed E-state index contributed by atoms with van der Waals surface area (Å²) in [6, 6.07) is 0.250. The second-order valence-electron chi connectivity index (χ2n) is 3.51. The molecule has 0 spiro atoms. The van der Waals surface area contributed by atoms with Crippen molar-refractivity contribution in [1.82, 2.24) is 5.32 Å². The SMILES string of the molecule is CC(C)NC(C)(C)C(=O)CO. The van der Waals surface area contributed by atoms with E-state index in [1.54, 1.807) is 13.8 Å². The Morgan fingerprint density at radius 3 is 2.27 bits per heavy atom. The molecule has 0 unspecified atom stereocenters. The van der Waals surface area contributed by atoms with Crippen LogP contribution in [0.5, 0.6) is 0 Å². The molecule has 0 amide bonds. The average Bonchev–Trinajstić information content (AvgIpc) is 1.83. The lowest BCUT2D eigenvalue weighted by molar-refractivity contribution is -0.127. The van der Waals surface area contributed by atoms with Crippen LogP contribution in [0.3, 0.4) is 0 Å². The van der Waals surface area contributed by atoms with E-state index in [1.807, 2.05) is 13.8 Å². The maximum atomic E-state index is 11.1. The minimum atomic E-state index is -0.608. The summed E-state index contributed by atoms with van der Waals surface area (Å²) < 4.78 is 0. The molecule has 0 aliphatic heterocycles. The molecule has 0 fully saturated rings. The summed E-state index contributed by atoms with van der Waals surface area (Å²) in [6.07, 6.45) is 0. The number of carbonyl (C=O) groups excluding carboxylic acids is 1. The zero-order valence-corrected chi connectivity index (χ0v) is 7.64. The lowest BCUT2D eigenvalue weighted by Crippen LogP contribution is -2.51. The molecule has 0 rings (SSSR count). The van der Waals surface area contributed by atoms with Gasteiger partial charge < -0.3 is 10.4 Å². The third-order valence-corrected chi connectivity index (χ3v) is 1.49. The number of ketones is 1. The van der Waals surface area contributed by atoms with Crippen LogP contribution in [0.25, 0.3) is 0 Å². The van der Waals surface area contributed by atoms with E-state index >= 15 is 0 Å². The van der Waals surface area contributed by atoms with Crippen LogP contribution in [-0.2, 0) is 4.79 Å². The van der Waals surface area contributed by atoms with E-state index in [2.05, 4.69) is 5.32 Å². The van der Waals surface area contributed by atoms with Crippen molar-refractivity contribution in [3.63, 3.8) is 0 Å². The molecule has 0 atom stereocenters. The Morgan fingerprint density at radius 1 is 1.55 bits per heavy atom. The van der Waals surface area contributed by atoms with Crippen molar-refractivity contribution in [2.24, 2.45) is 0 Å². The van der Waals surface area contributed by atoms with Crippen molar-refractivity contribution >= 4 is 5.78 Å². The van der Waals surface area contributed by atoms with Gasteiger partial charge in [-0.05, 0) is 27.7 Å². The minimum Gasteiger partial charge on any atom is -0.389 e. The number of carbonyl (C=O) groups is 1. The Labute approximate surface area is 67.8 Å². The summed E-state index contributed by atoms with van der Waals surface area (Å²) in [7, 11) is 0. The van der Waals surface area contributed by atoms with E-state index in [0.717, 1.165) is 0 Å². The lowest BCUT2D eigenvalue weighted by atomic mass is 9.99. The van der Waals surface area contributed by atoms with Gasteiger partial charge in [0.05, 0.1) is 5.54 Å². The Hall–Kier alpha value is -0.410. The van der Waals surface area contributed by atoms with Gasteiger partial charge in [0.25, 0.3) is 0 Å². The molecule has 0 aromatic heterocycles. The summed E-state index contributed by atoms with van der Waals surface area (Å²) in [5.41, 5.74) is -0.608. The van der Waals surface area contributed by atoms with Crippen molar-refractivity contribution in [2.75, 3.05) is 6.61 Å². The quantitative estimate of drug-likeness (QED) is 0.621. The first-order chi connectivity index (χ1) is 4.90. The maximum Gasteiger partial charge on any atom is 0.177 e. The molecule has 0 aliphatic rings. The Bertz CT molecular complexity index is 141.